The average molecular weight is 1360 g/mol. The zero-order chi connectivity index (χ0) is 71.0. The van der Waals surface area contributed by atoms with Gasteiger partial charge in [0.05, 0.1) is 16.7 Å². The Bertz CT molecular complexity index is 5110. The van der Waals surface area contributed by atoms with Crippen LogP contribution in [0.25, 0.3) is 95.7 Å². The van der Waals surface area contributed by atoms with E-state index in [1.165, 1.54) is 186 Å². The molecule has 0 N–H and O–H groups in total. The average Bonchev–Trinajstić information content (AvgIpc) is 1.51. The number of hydrogen-bond donors (Lipinski definition) is 0. The van der Waals surface area contributed by atoms with Gasteiger partial charge in [0.2, 0.25) is 0 Å². The van der Waals surface area contributed by atoms with Gasteiger partial charge in [-0.05, 0) is 161 Å². The first kappa shape index (κ1) is 68.3. The van der Waals surface area contributed by atoms with Crippen LogP contribution in [-0.4, -0.2) is 13.7 Å². The number of nitrogens with zero attached hydrogens (tertiary/aromatic N) is 6. The molecule has 0 amide bonds. The molecule has 522 valence electrons. The number of fused-ring (bicyclic) bond motifs is 9. The summed E-state index contributed by atoms with van der Waals surface area (Å²) in [6, 6.07) is 82.9. The fourth-order valence-electron chi connectivity index (χ4n) is 18.3. The molecule has 6 nitrogen and oxygen atoms in total. The van der Waals surface area contributed by atoms with Crippen molar-refractivity contribution in [2.24, 2.45) is 23.7 Å². The summed E-state index contributed by atoms with van der Waals surface area (Å²) in [5.74, 6) is 7.54. The Labute approximate surface area is 618 Å². The highest BCUT2D eigenvalue weighted by Gasteiger charge is 2.39. The molecule has 5 aliphatic rings. The minimum atomic E-state index is 0.536. The van der Waals surface area contributed by atoms with Crippen LogP contribution in [0.15, 0.2) is 262 Å². The number of benzene rings is 10. The van der Waals surface area contributed by atoms with Crippen LogP contribution in [-0.2, 0) is 45.3 Å². The van der Waals surface area contributed by atoms with Gasteiger partial charge in [-0.2, -0.15) is 13.7 Å². The van der Waals surface area contributed by atoms with E-state index < -0.39 is 0 Å². The molecule has 0 unspecified atom stereocenters. The molecule has 0 saturated heterocycles. The molecule has 10 aromatic carbocycles. The van der Waals surface area contributed by atoms with E-state index in [9.17, 15) is 0 Å². The Kier molecular flexibility index (Phi) is 19.6. The summed E-state index contributed by atoms with van der Waals surface area (Å²) in [5, 5.41) is 0. The Hall–Kier alpha value is -10.2. The third-order valence-electron chi connectivity index (χ3n) is 22.7. The smallest absolute Gasteiger partial charge is 0.225 e. The second kappa shape index (κ2) is 29.9. The summed E-state index contributed by atoms with van der Waals surface area (Å²) in [7, 11) is 0. The molecule has 6 heteroatoms. The van der Waals surface area contributed by atoms with E-state index in [0.29, 0.717) is 35.5 Å². The first-order valence-electron chi connectivity index (χ1n) is 39.2. The van der Waals surface area contributed by atoms with Crippen LogP contribution in [0.2, 0.25) is 0 Å². The molecule has 3 aromatic heterocycles. The number of imidazole rings is 3. The van der Waals surface area contributed by atoms with Gasteiger partial charge in [-0.15, -0.1) is 0 Å². The summed E-state index contributed by atoms with van der Waals surface area (Å²) in [4.78, 5) is 0. The van der Waals surface area contributed by atoms with Gasteiger partial charge >= 0.3 is 0 Å². The molecule has 2 aliphatic carbocycles. The summed E-state index contributed by atoms with van der Waals surface area (Å²) in [5.41, 5.74) is 32.3. The van der Waals surface area contributed by atoms with Gasteiger partial charge in [-0.25, -0.2) is 13.7 Å². The second-order valence-corrected chi connectivity index (χ2v) is 32.0. The summed E-state index contributed by atoms with van der Waals surface area (Å²) < 4.78 is 14.8. The lowest BCUT2D eigenvalue weighted by molar-refractivity contribution is -0.671. The molecule has 18 rings (SSSR count). The van der Waals surface area contributed by atoms with Crippen molar-refractivity contribution in [1.29, 1.82) is 0 Å². The van der Waals surface area contributed by atoms with Crippen molar-refractivity contribution in [3.63, 3.8) is 0 Å². The van der Waals surface area contributed by atoms with Crippen molar-refractivity contribution >= 4 is 0 Å². The molecule has 0 spiro atoms. The summed E-state index contributed by atoms with van der Waals surface area (Å²) in [6.45, 7) is 21.5. The molecule has 13 aromatic rings. The third-order valence-corrected chi connectivity index (χ3v) is 22.7. The van der Waals surface area contributed by atoms with Crippen LogP contribution in [0.4, 0.5) is 0 Å². The fraction of sp³-hybridized carbons (Fsp3) is 0.296. The van der Waals surface area contributed by atoms with Crippen LogP contribution in [0.3, 0.4) is 0 Å². The number of rotatable bonds is 17. The highest BCUT2D eigenvalue weighted by molar-refractivity contribution is 5.85. The van der Waals surface area contributed by atoms with Crippen molar-refractivity contribution in [3.8, 4) is 95.7 Å². The molecule has 0 atom stereocenters. The van der Waals surface area contributed by atoms with Crippen LogP contribution in [0.5, 0.6) is 0 Å². The van der Waals surface area contributed by atoms with E-state index in [-0.39, 0.29) is 0 Å². The van der Waals surface area contributed by atoms with Crippen LogP contribution < -0.4 is 13.7 Å². The lowest BCUT2D eigenvalue weighted by Crippen LogP contribution is -2.30. The van der Waals surface area contributed by atoms with Gasteiger partial charge in [0.1, 0.15) is 73.9 Å². The van der Waals surface area contributed by atoms with Crippen LogP contribution in [0, 0.1) is 23.7 Å². The van der Waals surface area contributed by atoms with E-state index in [1.807, 2.05) is 0 Å². The molecular formula is C98H103N6+3. The molecule has 0 radical (unpaired) electrons. The Morgan fingerprint density at radius 1 is 0.308 bits per heavy atom. The third kappa shape index (κ3) is 13.4. The van der Waals surface area contributed by atoms with Gasteiger partial charge in [0, 0.05) is 44.5 Å². The van der Waals surface area contributed by atoms with Gasteiger partial charge < -0.3 is 0 Å². The predicted octanol–water partition coefficient (Wildman–Crippen LogP) is 23.2. The lowest BCUT2D eigenvalue weighted by Gasteiger charge is -2.24. The first-order chi connectivity index (χ1) is 50.9. The van der Waals surface area contributed by atoms with Crippen molar-refractivity contribution < 1.29 is 13.7 Å². The maximum atomic E-state index is 2.58. The topological polar surface area (TPSA) is 26.4 Å². The maximum Gasteiger partial charge on any atom is 0.294 e. The van der Waals surface area contributed by atoms with Crippen LogP contribution >= 0.6 is 0 Å². The zero-order valence-corrected chi connectivity index (χ0v) is 62.6. The summed E-state index contributed by atoms with van der Waals surface area (Å²) >= 11 is 0. The SMILES string of the molecule is CC(C)Cc1c(-c2ccccc2)cc(-c2ccccc2)c(CC(C)C)c1-n1cc[n+]2c1-c1ccccc1C2.CC(C)Cc1ccc(-c2ccccc2)c(CC(C)C)c1-n1cc[n+]2c1-c1ccccc1C2.c1ccc(-c2ccc(C3CCCC3)c(-n3cc[n+]4c3-c3ccccc3C4)c2C2CCCC2)cc1. The lowest BCUT2D eigenvalue weighted by atomic mass is 9.83. The normalized spacial score (nSPS) is 14.2. The van der Waals surface area contributed by atoms with E-state index in [0.717, 1.165) is 45.3 Å². The van der Waals surface area contributed by atoms with Gasteiger partial charge in [0.15, 0.2) is 0 Å². The highest BCUT2D eigenvalue weighted by atomic mass is 15.2. The van der Waals surface area contributed by atoms with Crippen molar-refractivity contribution in [3.05, 3.63) is 312 Å². The van der Waals surface area contributed by atoms with E-state index in [4.69, 9.17) is 0 Å². The van der Waals surface area contributed by atoms with Crippen molar-refractivity contribution in [2.75, 3.05) is 0 Å². The van der Waals surface area contributed by atoms with E-state index >= 15 is 0 Å². The highest BCUT2D eigenvalue weighted by Crippen LogP contribution is 2.50. The monoisotopic (exact) mass is 1360 g/mol. The second-order valence-electron chi connectivity index (χ2n) is 32.0. The molecule has 2 saturated carbocycles. The van der Waals surface area contributed by atoms with Crippen LogP contribution in [0.1, 0.15) is 169 Å². The van der Waals surface area contributed by atoms with Gasteiger partial charge in [-0.3, -0.25) is 0 Å². The number of aromatic nitrogens is 6. The summed E-state index contributed by atoms with van der Waals surface area (Å²) in [6.07, 6.45) is 28.7. The molecule has 6 heterocycles. The van der Waals surface area contributed by atoms with Crippen molar-refractivity contribution in [2.45, 2.75) is 164 Å². The first-order valence-corrected chi connectivity index (χ1v) is 39.2. The van der Waals surface area contributed by atoms with Crippen molar-refractivity contribution in [1.82, 2.24) is 13.7 Å². The molecule has 3 aliphatic heterocycles. The van der Waals surface area contributed by atoms with Gasteiger partial charge in [-0.1, -0.05) is 281 Å². The maximum absolute atomic E-state index is 2.58. The quantitative estimate of drug-likeness (QED) is 0.0813. The number of hydrogen-bond acceptors (Lipinski definition) is 0. The van der Waals surface area contributed by atoms with E-state index in [2.05, 4.69) is 344 Å². The Balaban J connectivity index is 0.000000121. The Morgan fingerprint density at radius 3 is 1.06 bits per heavy atom. The largest absolute Gasteiger partial charge is 0.294 e. The molecular weight excluding hydrogens is 1260 g/mol. The fourth-order valence-corrected chi connectivity index (χ4v) is 18.3. The minimum Gasteiger partial charge on any atom is -0.225 e. The van der Waals surface area contributed by atoms with Gasteiger partial charge in [0.25, 0.3) is 17.5 Å². The standard InChI is InChI=1S/C36H37N2.C32H33N2.C30H33N2/c1-25(2)21-33-31(27-13-7-5-8-14-27)23-32(28-15-9-6-10-16-28)34(22-26(3)4)35(33)38-20-19-37-24-29-17-11-12-18-30(29)36(37)38;1-2-10-23(11-3-1)27-18-19-28(24-12-4-5-13-24)31(30(27)25-14-6-7-15-25)34-21-20-33-22-26-16-8-9-17-29(26)32(33)34;1-21(2)18-24-14-15-26(23-10-6-5-7-11-23)28(19-22(3)4)29(24)32-17-16-31-20-25-12-8-9-13-27(25)30(31)32/h5-20,23,25-26H,21-22,24H2,1-4H3;1-3,8-11,16-21,24-25H,4-7,12-15,22H2;5-17,21-22H,18-20H2,1-4H3/q3*+1. The molecule has 2 fully saturated rings. The van der Waals surface area contributed by atoms with E-state index in [1.54, 1.807) is 11.1 Å². The predicted molar refractivity (Wildman–Crippen MR) is 430 cm³/mol. The molecule has 0 bridgehead atoms. The molecule has 104 heavy (non-hydrogen) atoms. The minimum absolute atomic E-state index is 0.536. The zero-order valence-electron chi connectivity index (χ0n) is 62.6. The Morgan fingerprint density at radius 2 is 0.644 bits per heavy atom.